The van der Waals surface area contributed by atoms with Gasteiger partial charge in [-0.25, -0.2) is 4.79 Å². The number of hydrogen-bond donors (Lipinski definition) is 1. The van der Waals surface area contributed by atoms with Gasteiger partial charge in [0.15, 0.2) is 0 Å². The SMILES string of the molecule is CC1CCCN(CCCOc2ccc(C(=O)O)cc2)C1. The van der Waals surface area contributed by atoms with Crippen molar-refractivity contribution in [3.8, 4) is 5.75 Å². The van der Waals surface area contributed by atoms with Gasteiger partial charge in [0.25, 0.3) is 0 Å². The van der Waals surface area contributed by atoms with Crippen molar-refractivity contribution in [3.05, 3.63) is 29.8 Å². The molecule has 0 aliphatic carbocycles. The molecule has 0 spiro atoms. The lowest BCUT2D eigenvalue weighted by Crippen LogP contribution is -2.35. The molecule has 2 rings (SSSR count). The summed E-state index contributed by atoms with van der Waals surface area (Å²) in [6, 6.07) is 6.58. The Balaban J connectivity index is 1.66. The second-order valence-corrected chi connectivity index (χ2v) is 5.58. The molecule has 1 aliphatic rings. The Bertz CT molecular complexity index is 430. The molecule has 20 heavy (non-hydrogen) atoms. The number of likely N-dealkylation sites (tertiary alicyclic amines) is 1. The lowest BCUT2D eigenvalue weighted by molar-refractivity contribution is 0.0697. The lowest BCUT2D eigenvalue weighted by Gasteiger charge is -2.30. The maximum Gasteiger partial charge on any atom is 0.335 e. The second-order valence-electron chi connectivity index (χ2n) is 5.58. The highest BCUT2D eigenvalue weighted by Crippen LogP contribution is 2.16. The molecule has 1 atom stereocenters. The number of rotatable bonds is 6. The summed E-state index contributed by atoms with van der Waals surface area (Å²) in [6.45, 7) is 6.48. The van der Waals surface area contributed by atoms with E-state index in [-0.39, 0.29) is 0 Å². The summed E-state index contributed by atoms with van der Waals surface area (Å²) in [4.78, 5) is 13.2. The molecule has 1 heterocycles. The van der Waals surface area contributed by atoms with Gasteiger partial charge in [-0.2, -0.15) is 0 Å². The van der Waals surface area contributed by atoms with Crippen LogP contribution in [0.15, 0.2) is 24.3 Å². The molecule has 0 amide bonds. The molecule has 1 unspecified atom stereocenters. The first-order chi connectivity index (χ1) is 9.65. The van der Waals surface area contributed by atoms with E-state index in [1.54, 1.807) is 24.3 Å². The van der Waals surface area contributed by atoms with Crippen LogP contribution in [-0.2, 0) is 0 Å². The Labute approximate surface area is 120 Å². The predicted octanol–water partition coefficient (Wildman–Crippen LogP) is 2.89. The van der Waals surface area contributed by atoms with E-state index in [1.165, 1.54) is 25.9 Å². The highest BCUT2D eigenvalue weighted by Gasteiger charge is 2.15. The van der Waals surface area contributed by atoms with Crippen molar-refractivity contribution in [1.29, 1.82) is 0 Å². The number of carbonyl (C=O) groups is 1. The van der Waals surface area contributed by atoms with E-state index in [1.807, 2.05) is 0 Å². The highest BCUT2D eigenvalue weighted by atomic mass is 16.5. The number of hydrogen-bond acceptors (Lipinski definition) is 3. The van der Waals surface area contributed by atoms with E-state index in [9.17, 15) is 4.79 Å². The van der Waals surface area contributed by atoms with Crippen molar-refractivity contribution < 1.29 is 14.6 Å². The molecule has 0 radical (unpaired) electrons. The van der Waals surface area contributed by atoms with Gasteiger partial charge in [-0.1, -0.05) is 6.92 Å². The van der Waals surface area contributed by atoms with Crippen molar-refractivity contribution >= 4 is 5.97 Å². The van der Waals surface area contributed by atoms with Crippen molar-refractivity contribution in [1.82, 2.24) is 4.90 Å². The van der Waals surface area contributed by atoms with E-state index in [0.717, 1.165) is 24.6 Å². The van der Waals surface area contributed by atoms with Gasteiger partial charge in [-0.05, 0) is 56.0 Å². The Kier molecular flexibility index (Phi) is 5.41. The van der Waals surface area contributed by atoms with Crippen LogP contribution in [0.2, 0.25) is 0 Å². The second kappa shape index (κ2) is 7.29. The van der Waals surface area contributed by atoms with E-state index in [4.69, 9.17) is 9.84 Å². The van der Waals surface area contributed by atoms with Crippen LogP contribution in [0, 0.1) is 5.92 Å². The minimum atomic E-state index is -0.907. The summed E-state index contributed by atoms with van der Waals surface area (Å²) in [6.07, 6.45) is 3.66. The average molecular weight is 277 g/mol. The molecule has 1 aliphatic heterocycles. The quantitative estimate of drug-likeness (QED) is 0.812. The minimum absolute atomic E-state index is 0.291. The molecule has 0 bridgehead atoms. The molecule has 1 aromatic carbocycles. The summed E-state index contributed by atoms with van der Waals surface area (Å²) in [5.41, 5.74) is 0.291. The molecule has 4 nitrogen and oxygen atoms in total. The van der Waals surface area contributed by atoms with Gasteiger partial charge in [-0.15, -0.1) is 0 Å². The van der Waals surface area contributed by atoms with Crippen molar-refractivity contribution in [2.45, 2.75) is 26.2 Å². The van der Waals surface area contributed by atoms with Crippen LogP contribution in [0.3, 0.4) is 0 Å². The third-order valence-electron chi connectivity index (χ3n) is 3.73. The molecule has 4 heteroatoms. The van der Waals surface area contributed by atoms with Crippen LogP contribution in [0.25, 0.3) is 0 Å². The standard InChI is InChI=1S/C16H23NO3/c1-13-4-2-9-17(12-13)10-3-11-20-15-7-5-14(6-8-15)16(18)19/h5-8,13H,2-4,9-12H2,1H3,(H,18,19). The van der Waals surface area contributed by atoms with Crippen LogP contribution in [0.5, 0.6) is 5.75 Å². The zero-order valence-electron chi connectivity index (χ0n) is 12.0. The topological polar surface area (TPSA) is 49.8 Å². The van der Waals surface area contributed by atoms with E-state index < -0.39 is 5.97 Å². The number of aromatic carboxylic acids is 1. The molecular formula is C16H23NO3. The monoisotopic (exact) mass is 277 g/mol. The van der Waals surface area contributed by atoms with Crippen LogP contribution in [0.1, 0.15) is 36.5 Å². The Hall–Kier alpha value is -1.55. The maximum atomic E-state index is 10.7. The van der Waals surface area contributed by atoms with Crippen LogP contribution >= 0.6 is 0 Å². The number of piperidine rings is 1. The minimum Gasteiger partial charge on any atom is -0.494 e. The smallest absolute Gasteiger partial charge is 0.335 e. The van der Waals surface area contributed by atoms with Gasteiger partial charge in [-0.3, -0.25) is 0 Å². The zero-order valence-corrected chi connectivity index (χ0v) is 12.0. The van der Waals surface area contributed by atoms with E-state index in [0.29, 0.717) is 12.2 Å². The van der Waals surface area contributed by atoms with Gasteiger partial charge in [0, 0.05) is 13.1 Å². The summed E-state index contributed by atoms with van der Waals surface area (Å²) >= 11 is 0. The van der Waals surface area contributed by atoms with Gasteiger partial charge in [0.2, 0.25) is 0 Å². The number of carboxylic acid groups (broad SMARTS) is 1. The number of benzene rings is 1. The molecule has 1 N–H and O–H groups in total. The largest absolute Gasteiger partial charge is 0.494 e. The summed E-state index contributed by atoms with van der Waals surface area (Å²) in [5.74, 6) is 0.644. The van der Waals surface area contributed by atoms with Crippen molar-refractivity contribution in [2.24, 2.45) is 5.92 Å². The fourth-order valence-corrected chi connectivity index (χ4v) is 2.66. The summed E-state index contributed by atoms with van der Waals surface area (Å²) in [5, 5.41) is 8.81. The zero-order chi connectivity index (χ0) is 14.4. The molecule has 1 saturated heterocycles. The van der Waals surface area contributed by atoms with Crippen LogP contribution in [0.4, 0.5) is 0 Å². The summed E-state index contributed by atoms with van der Waals surface area (Å²) < 4.78 is 5.64. The fraction of sp³-hybridized carbons (Fsp3) is 0.562. The first-order valence-corrected chi connectivity index (χ1v) is 7.33. The van der Waals surface area contributed by atoms with Gasteiger partial charge in [0.1, 0.15) is 5.75 Å². The number of ether oxygens (including phenoxy) is 1. The van der Waals surface area contributed by atoms with Crippen molar-refractivity contribution in [3.63, 3.8) is 0 Å². The third-order valence-corrected chi connectivity index (χ3v) is 3.73. The molecule has 0 saturated carbocycles. The maximum absolute atomic E-state index is 10.7. The van der Waals surface area contributed by atoms with Crippen molar-refractivity contribution in [2.75, 3.05) is 26.2 Å². The molecule has 0 aromatic heterocycles. The van der Waals surface area contributed by atoms with E-state index >= 15 is 0 Å². The number of carboxylic acids is 1. The Morgan fingerprint density at radius 2 is 2.15 bits per heavy atom. The van der Waals surface area contributed by atoms with Gasteiger partial charge >= 0.3 is 5.97 Å². The lowest BCUT2D eigenvalue weighted by atomic mass is 10.0. The summed E-state index contributed by atoms with van der Waals surface area (Å²) in [7, 11) is 0. The highest BCUT2D eigenvalue weighted by molar-refractivity contribution is 5.87. The first-order valence-electron chi connectivity index (χ1n) is 7.33. The fourth-order valence-electron chi connectivity index (χ4n) is 2.66. The predicted molar refractivity (Wildman–Crippen MR) is 78.4 cm³/mol. The van der Waals surface area contributed by atoms with Gasteiger partial charge in [0.05, 0.1) is 12.2 Å². The molecule has 1 aromatic rings. The van der Waals surface area contributed by atoms with E-state index in [2.05, 4.69) is 11.8 Å². The Morgan fingerprint density at radius 3 is 2.80 bits per heavy atom. The average Bonchev–Trinajstić information content (AvgIpc) is 2.44. The molecular weight excluding hydrogens is 254 g/mol. The van der Waals surface area contributed by atoms with Crippen LogP contribution in [-0.4, -0.2) is 42.2 Å². The molecule has 110 valence electrons. The third kappa shape index (κ3) is 4.53. The Morgan fingerprint density at radius 1 is 1.40 bits per heavy atom. The molecule has 1 fully saturated rings. The first kappa shape index (κ1) is 14.9. The normalized spacial score (nSPS) is 19.8. The van der Waals surface area contributed by atoms with Gasteiger partial charge < -0.3 is 14.7 Å². The number of nitrogens with zero attached hydrogens (tertiary/aromatic N) is 1. The van der Waals surface area contributed by atoms with Crippen LogP contribution < -0.4 is 4.74 Å².